The van der Waals surface area contributed by atoms with Gasteiger partial charge in [-0.1, -0.05) is 0 Å². The highest BCUT2D eigenvalue weighted by Crippen LogP contribution is 2.38. The SMILES string of the molecule is Cc1c(C)c(C)c(C(O)CO)c(C)c1C.Cc1c(C)c(C)c(C2CO2)c(C)c1C. The first-order valence-corrected chi connectivity index (χ1v) is 10.5. The average molecular weight is 399 g/mol. The third-order valence-electron chi connectivity index (χ3n) is 7.28. The molecule has 1 saturated heterocycles. The van der Waals surface area contributed by atoms with E-state index >= 15 is 0 Å². The minimum atomic E-state index is -0.761. The van der Waals surface area contributed by atoms with Gasteiger partial charge in [0, 0.05) is 0 Å². The second-order valence-electron chi connectivity index (χ2n) is 8.60. The molecule has 1 fully saturated rings. The van der Waals surface area contributed by atoms with Crippen LogP contribution in [0, 0.1) is 69.2 Å². The summed E-state index contributed by atoms with van der Waals surface area (Å²) >= 11 is 0. The maximum atomic E-state index is 9.78. The molecule has 0 aromatic heterocycles. The monoisotopic (exact) mass is 398 g/mol. The number of aliphatic hydroxyl groups is 2. The number of ether oxygens (including phenoxy) is 1. The van der Waals surface area contributed by atoms with Crippen LogP contribution < -0.4 is 0 Å². The highest BCUT2D eigenvalue weighted by molar-refractivity contribution is 5.51. The largest absolute Gasteiger partial charge is 0.393 e. The van der Waals surface area contributed by atoms with Crippen molar-refractivity contribution in [1.29, 1.82) is 0 Å². The summed E-state index contributed by atoms with van der Waals surface area (Å²) in [6.07, 6.45) is -0.379. The summed E-state index contributed by atoms with van der Waals surface area (Å²) in [5.41, 5.74) is 15.3. The predicted molar refractivity (Wildman–Crippen MR) is 121 cm³/mol. The van der Waals surface area contributed by atoms with E-state index in [-0.39, 0.29) is 6.61 Å². The predicted octanol–water partition coefficient (Wildman–Crippen LogP) is 5.55. The quantitative estimate of drug-likeness (QED) is 0.666. The minimum Gasteiger partial charge on any atom is -0.393 e. The fourth-order valence-electron chi connectivity index (χ4n) is 4.35. The molecule has 160 valence electrons. The lowest BCUT2D eigenvalue weighted by molar-refractivity contribution is 0.0945. The van der Waals surface area contributed by atoms with Gasteiger partial charge in [-0.2, -0.15) is 0 Å². The van der Waals surface area contributed by atoms with Gasteiger partial charge < -0.3 is 14.9 Å². The van der Waals surface area contributed by atoms with Gasteiger partial charge >= 0.3 is 0 Å². The smallest absolute Gasteiger partial charge is 0.106 e. The second-order valence-corrected chi connectivity index (χ2v) is 8.60. The zero-order valence-electron chi connectivity index (χ0n) is 19.9. The Morgan fingerprint density at radius 2 is 0.966 bits per heavy atom. The van der Waals surface area contributed by atoms with Crippen LogP contribution in [0.2, 0.25) is 0 Å². The van der Waals surface area contributed by atoms with Crippen molar-refractivity contribution in [1.82, 2.24) is 0 Å². The third-order valence-corrected chi connectivity index (χ3v) is 7.28. The van der Waals surface area contributed by atoms with Crippen LogP contribution in [0.1, 0.15) is 79.0 Å². The minimum absolute atomic E-state index is 0.219. The fourth-order valence-corrected chi connectivity index (χ4v) is 4.35. The molecule has 0 bridgehead atoms. The number of aliphatic hydroxyl groups excluding tert-OH is 2. The highest BCUT2D eigenvalue weighted by atomic mass is 16.6. The molecular weight excluding hydrogens is 360 g/mol. The third kappa shape index (κ3) is 4.42. The molecule has 2 aromatic rings. The van der Waals surface area contributed by atoms with Crippen molar-refractivity contribution in [3.63, 3.8) is 0 Å². The Labute approximate surface area is 176 Å². The molecule has 1 aliphatic rings. The maximum Gasteiger partial charge on any atom is 0.106 e. The van der Waals surface area contributed by atoms with Gasteiger partial charge in [0.15, 0.2) is 0 Å². The lowest BCUT2D eigenvalue weighted by Crippen LogP contribution is -2.10. The van der Waals surface area contributed by atoms with Crippen LogP contribution >= 0.6 is 0 Å². The molecule has 1 aliphatic heterocycles. The first-order valence-electron chi connectivity index (χ1n) is 10.5. The molecule has 0 spiro atoms. The van der Waals surface area contributed by atoms with Crippen LogP contribution in [0.15, 0.2) is 0 Å². The van der Waals surface area contributed by atoms with Crippen molar-refractivity contribution >= 4 is 0 Å². The molecule has 3 heteroatoms. The average Bonchev–Trinajstić information content (AvgIpc) is 3.53. The normalized spacial score (nSPS) is 16.3. The van der Waals surface area contributed by atoms with Gasteiger partial charge in [0.25, 0.3) is 0 Å². The molecule has 0 radical (unpaired) electrons. The van der Waals surface area contributed by atoms with Gasteiger partial charge in [-0.25, -0.2) is 0 Å². The maximum absolute atomic E-state index is 9.78. The van der Waals surface area contributed by atoms with Crippen molar-refractivity contribution in [2.45, 2.75) is 81.4 Å². The van der Waals surface area contributed by atoms with Gasteiger partial charge in [-0.15, -0.1) is 0 Å². The molecule has 0 saturated carbocycles. The van der Waals surface area contributed by atoms with Crippen LogP contribution in [-0.2, 0) is 4.74 Å². The van der Waals surface area contributed by atoms with Crippen molar-refractivity contribution in [3.8, 4) is 0 Å². The van der Waals surface area contributed by atoms with E-state index in [0.717, 1.165) is 23.3 Å². The first-order chi connectivity index (χ1) is 13.4. The Hall–Kier alpha value is -1.68. The number of rotatable bonds is 3. The van der Waals surface area contributed by atoms with Crippen molar-refractivity contribution in [2.24, 2.45) is 0 Å². The van der Waals surface area contributed by atoms with Crippen LogP contribution in [0.4, 0.5) is 0 Å². The standard InChI is InChI=1S/C13H20O2.C13H18O/c1-7-8(2)10(4)13(12(15)6-14)11(5)9(7)3;1-7-8(2)10(4)13(12-6-14-12)11(5)9(7)3/h12,14-15H,6H2,1-5H3;12H,6H2,1-5H3. The number of benzene rings is 2. The van der Waals surface area contributed by atoms with Crippen LogP contribution in [-0.4, -0.2) is 23.4 Å². The van der Waals surface area contributed by atoms with Gasteiger partial charge in [-0.05, 0) is 136 Å². The van der Waals surface area contributed by atoms with E-state index in [9.17, 15) is 5.11 Å². The Kier molecular flexibility index (Phi) is 7.32. The van der Waals surface area contributed by atoms with Crippen molar-refractivity contribution in [2.75, 3.05) is 13.2 Å². The number of hydrogen-bond donors (Lipinski definition) is 2. The summed E-state index contributed by atoms with van der Waals surface area (Å²) < 4.78 is 5.41. The van der Waals surface area contributed by atoms with E-state index < -0.39 is 6.10 Å². The summed E-state index contributed by atoms with van der Waals surface area (Å²) in [5, 5.41) is 18.8. The summed E-state index contributed by atoms with van der Waals surface area (Å²) in [7, 11) is 0. The molecule has 29 heavy (non-hydrogen) atoms. The molecule has 0 aliphatic carbocycles. The molecule has 2 unspecified atom stereocenters. The molecule has 3 nitrogen and oxygen atoms in total. The first kappa shape index (κ1) is 23.6. The Morgan fingerprint density at radius 1 is 0.655 bits per heavy atom. The van der Waals surface area contributed by atoms with Crippen LogP contribution in [0.25, 0.3) is 0 Å². The molecule has 0 amide bonds. The van der Waals surface area contributed by atoms with E-state index in [1.54, 1.807) is 0 Å². The zero-order valence-corrected chi connectivity index (χ0v) is 19.9. The van der Waals surface area contributed by atoms with Gasteiger partial charge in [0.05, 0.1) is 13.2 Å². The Balaban J connectivity index is 0.000000207. The van der Waals surface area contributed by atoms with Crippen LogP contribution in [0.3, 0.4) is 0 Å². The highest BCUT2D eigenvalue weighted by Gasteiger charge is 2.29. The molecule has 2 aromatic carbocycles. The molecular formula is C26H38O3. The van der Waals surface area contributed by atoms with E-state index in [0.29, 0.717) is 6.10 Å². The second kappa shape index (κ2) is 8.99. The van der Waals surface area contributed by atoms with Gasteiger partial charge in [0.2, 0.25) is 0 Å². The summed E-state index contributed by atoms with van der Waals surface area (Å²) in [6, 6.07) is 0. The van der Waals surface area contributed by atoms with E-state index in [4.69, 9.17) is 9.84 Å². The molecule has 1 heterocycles. The zero-order chi connectivity index (χ0) is 22.2. The fraction of sp³-hybridized carbons (Fsp3) is 0.538. The summed E-state index contributed by atoms with van der Waals surface area (Å²) in [4.78, 5) is 0. The lowest BCUT2D eigenvalue weighted by atomic mass is 9.87. The van der Waals surface area contributed by atoms with Crippen LogP contribution in [0.5, 0.6) is 0 Å². The van der Waals surface area contributed by atoms with Gasteiger partial charge in [-0.3, -0.25) is 0 Å². The Morgan fingerprint density at radius 3 is 1.28 bits per heavy atom. The summed E-state index contributed by atoms with van der Waals surface area (Å²) in [5.74, 6) is 0. The summed E-state index contributed by atoms with van der Waals surface area (Å²) in [6.45, 7) is 22.0. The Bertz CT molecular complexity index is 863. The topological polar surface area (TPSA) is 53.0 Å². The molecule has 2 N–H and O–H groups in total. The van der Waals surface area contributed by atoms with E-state index in [1.807, 2.05) is 13.8 Å². The van der Waals surface area contributed by atoms with Gasteiger partial charge in [0.1, 0.15) is 12.2 Å². The van der Waals surface area contributed by atoms with E-state index in [1.165, 1.54) is 50.1 Å². The van der Waals surface area contributed by atoms with Crippen molar-refractivity contribution < 1.29 is 14.9 Å². The number of hydrogen-bond acceptors (Lipinski definition) is 3. The molecule has 3 rings (SSSR count). The van der Waals surface area contributed by atoms with E-state index in [2.05, 4.69) is 55.4 Å². The lowest BCUT2D eigenvalue weighted by Gasteiger charge is -2.21. The molecule has 2 atom stereocenters. The van der Waals surface area contributed by atoms with Crippen molar-refractivity contribution in [3.05, 3.63) is 66.8 Å². The number of epoxide rings is 1.